The number of nitrogens with one attached hydrogen (secondary N) is 1. The highest BCUT2D eigenvalue weighted by atomic mass is 16.4. The third-order valence-electron chi connectivity index (χ3n) is 3.48. The van der Waals surface area contributed by atoms with Crippen LogP contribution in [0.4, 0.5) is 0 Å². The van der Waals surface area contributed by atoms with E-state index in [2.05, 4.69) is 27.0 Å². The molecule has 8 nitrogen and oxygen atoms in total. The number of piperazine rings is 1. The minimum Gasteiger partial charge on any atom is -0.480 e. The van der Waals surface area contributed by atoms with Crippen LogP contribution in [0.1, 0.15) is 18.8 Å². The fraction of sp³-hybridized carbons (Fsp3) is 0.727. The van der Waals surface area contributed by atoms with Crippen LogP contribution in [0.25, 0.3) is 0 Å². The van der Waals surface area contributed by atoms with Gasteiger partial charge in [-0.05, 0) is 14.0 Å². The Hall–Kier alpha value is -1.67. The van der Waals surface area contributed by atoms with Gasteiger partial charge in [0.1, 0.15) is 11.9 Å². The highest BCUT2D eigenvalue weighted by Gasteiger charge is 2.23. The Labute approximate surface area is 110 Å². The molecule has 0 saturated carbocycles. The Balaban J connectivity index is 2.13. The molecule has 0 radical (unpaired) electrons. The van der Waals surface area contributed by atoms with E-state index in [0.717, 1.165) is 26.2 Å². The predicted molar refractivity (Wildman–Crippen MR) is 68.0 cm³/mol. The molecule has 1 aliphatic heterocycles. The maximum absolute atomic E-state index is 11.6. The normalized spacial score (nSPS) is 19.5. The first kappa shape index (κ1) is 13.8. The zero-order valence-electron chi connectivity index (χ0n) is 11.2. The Bertz CT molecular complexity index is 501. The minimum atomic E-state index is -1.04. The van der Waals surface area contributed by atoms with Crippen molar-refractivity contribution < 1.29 is 9.90 Å². The highest BCUT2D eigenvalue weighted by Crippen LogP contribution is 2.09. The molecule has 0 spiro atoms. The van der Waals surface area contributed by atoms with Gasteiger partial charge in [0.25, 0.3) is 0 Å². The van der Waals surface area contributed by atoms with Gasteiger partial charge in [0.2, 0.25) is 0 Å². The quantitative estimate of drug-likeness (QED) is 0.725. The lowest BCUT2D eigenvalue weighted by atomic mass is 10.3. The first-order valence-electron chi connectivity index (χ1n) is 6.28. The summed E-state index contributed by atoms with van der Waals surface area (Å²) >= 11 is 0. The molecular weight excluding hydrogens is 250 g/mol. The number of nitrogens with zero attached hydrogens (tertiary/aromatic N) is 4. The van der Waals surface area contributed by atoms with Crippen molar-refractivity contribution in [3.63, 3.8) is 0 Å². The standard InChI is InChI=1S/C11H19N5O3/c1-8(10(17)18)16-9(12-13-11(16)19)7-15-5-3-14(2)4-6-15/h8H,3-7H2,1-2H3,(H,13,19)(H,17,18)/t8-/m1/s1. The first-order valence-corrected chi connectivity index (χ1v) is 6.28. The van der Waals surface area contributed by atoms with Crippen LogP contribution in [0.5, 0.6) is 0 Å². The number of aromatic amines is 1. The average molecular weight is 269 g/mol. The van der Waals surface area contributed by atoms with Crippen molar-refractivity contribution in [3.8, 4) is 0 Å². The molecule has 1 aromatic rings. The van der Waals surface area contributed by atoms with Gasteiger partial charge in [0.15, 0.2) is 0 Å². The maximum atomic E-state index is 11.6. The van der Waals surface area contributed by atoms with E-state index in [0.29, 0.717) is 12.4 Å². The van der Waals surface area contributed by atoms with E-state index in [9.17, 15) is 9.59 Å². The van der Waals surface area contributed by atoms with Crippen LogP contribution in [0.15, 0.2) is 4.79 Å². The maximum Gasteiger partial charge on any atom is 0.344 e. The van der Waals surface area contributed by atoms with Gasteiger partial charge in [0, 0.05) is 26.2 Å². The van der Waals surface area contributed by atoms with Crippen LogP contribution in [0, 0.1) is 0 Å². The summed E-state index contributed by atoms with van der Waals surface area (Å²) in [4.78, 5) is 27.0. The van der Waals surface area contributed by atoms with Crippen LogP contribution < -0.4 is 5.69 Å². The summed E-state index contributed by atoms with van der Waals surface area (Å²) in [5, 5.41) is 15.3. The van der Waals surface area contributed by atoms with Crippen molar-refractivity contribution >= 4 is 5.97 Å². The molecule has 0 aliphatic carbocycles. The predicted octanol–water partition coefficient (Wildman–Crippen LogP) is -1.04. The summed E-state index contributed by atoms with van der Waals surface area (Å²) in [6.07, 6.45) is 0. The van der Waals surface area contributed by atoms with E-state index in [-0.39, 0.29) is 0 Å². The first-order chi connectivity index (χ1) is 8.99. The highest BCUT2D eigenvalue weighted by molar-refractivity contribution is 5.71. The molecular formula is C11H19N5O3. The van der Waals surface area contributed by atoms with E-state index in [1.54, 1.807) is 0 Å². The van der Waals surface area contributed by atoms with Crippen molar-refractivity contribution in [1.82, 2.24) is 24.6 Å². The lowest BCUT2D eigenvalue weighted by Crippen LogP contribution is -2.44. The number of aliphatic carboxylic acids is 1. The smallest absolute Gasteiger partial charge is 0.344 e. The third kappa shape index (κ3) is 3.02. The van der Waals surface area contributed by atoms with Crippen molar-refractivity contribution in [3.05, 3.63) is 16.3 Å². The van der Waals surface area contributed by atoms with E-state index >= 15 is 0 Å². The van der Waals surface area contributed by atoms with Crippen molar-refractivity contribution in [2.45, 2.75) is 19.5 Å². The number of carboxylic acid groups (broad SMARTS) is 1. The van der Waals surface area contributed by atoms with Crippen LogP contribution in [-0.4, -0.2) is 68.9 Å². The second kappa shape index (κ2) is 5.54. The van der Waals surface area contributed by atoms with E-state index in [1.165, 1.54) is 11.5 Å². The molecule has 8 heteroatoms. The van der Waals surface area contributed by atoms with Gasteiger partial charge in [-0.3, -0.25) is 9.47 Å². The summed E-state index contributed by atoms with van der Waals surface area (Å²) in [5.74, 6) is -0.562. The van der Waals surface area contributed by atoms with Crippen LogP contribution in [-0.2, 0) is 11.3 Å². The Morgan fingerprint density at radius 3 is 2.63 bits per heavy atom. The molecule has 1 atom stereocenters. The van der Waals surface area contributed by atoms with Crippen molar-refractivity contribution in [2.75, 3.05) is 33.2 Å². The van der Waals surface area contributed by atoms with Gasteiger partial charge in [0.05, 0.1) is 6.54 Å². The molecule has 2 heterocycles. The molecule has 19 heavy (non-hydrogen) atoms. The molecule has 1 aromatic heterocycles. The second-order valence-electron chi connectivity index (χ2n) is 4.91. The van der Waals surface area contributed by atoms with Gasteiger partial charge in [-0.15, -0.1) is 0 Å². The van der Waals surface area contributed by atoms with Gasteiger partial charge in [-0.2, -0.15) is 5.10 Å². The monoisotopic (exact) mass is 269 g/mol. The number of rotatable bonds is 4. The topological polar surface area (TPSA) is 94.5 Å². The molecule has 1 aliphatic rings. The molecule has 0 amide bonds. The average Bonchev–Trinajstić information content (AvgIpc) is 2.72. The molecule has 0 unspecified atom stereocenters. The van der Waals surface area contributed by atoms with Crippen LogP contribution in [0.3, 0.4) is 0 Å². The van der Waals surface area contributed by atoms with Crippen molar-refractivity contribution in [1.29, 1.82) is 0 Å². The molecule has 106 valence electrons. The van der Waals surface area contributed by atoms with Gasteiger partial charge >= 0.3 is 11.7 Å². The van der Waals surface area contributed by atoms with Crippen LogP contribution in [0.2, 0.25) is 0 Å². The van der Waals surface area contributed by atoms with Gasteiger partial charge < -0.3 is 10.0 Å². The Morgan fingerprint density at radius 1 is 1.42 bits per heavy atom. The largest absolute Gasteiger partial charge is 0.480 e. The zero-order chi connectivity index (χ0) is 14.0. The zero-order valence-corrected chi connectivity index (χ0v) is 11.2. The van der Waals surface area contributed by atoms with Crippen LogP contribution >= 0.6 is 0 Å². The number of likely N-dealkylation sites (N-methyl/N-ethyl adjacent to an activating group) is 1. The fourth-order valence-electron chi connectivity index (χ4n) is 2.16. The molecule has 0 aromatic carbocycles. The number of H-pyrrole nitrogens is 1. The number of carboxylic acids is 1. The summed E-state index contributed by atoms with van der Waals surface area (Å²) in [6, 6.07) is -0.909. The number of carbonyl (C=O) groups is 1. The lowest BCUT2D eigenvalue weighted by molar-refractivity contribution is -0.140. The Kier molecular flexibility index (Phi) is 4.01. The molecule has 1 saturated heterocycles. The van der Waals surface area contributed by atoms with E-state index in [1.807, 2.05) is 0 Å². The fourth-order valence-corrected chi connectivity index (χ4v) is 2.16. The summed E-state index contributed by atoms with van der Waals surface area (Å²) < 4.78 is 1.21. The summed E-state index contributed by atoms with van der Waals surface area (Å²) in [7, 11) is 2.06. The second-order valence-corrected chi connectivity index (χ2v) is 4.91. The molecule has 1 fully saturated rings. The molecule has 0 bridgehead atoms. The molecule has 2 N–H and O–H groups in total. The Morgan fingerprint density at radius 2 is 2.05 bits per heavy atom. The summed E-state index contributed by atoms with van der Waals surface area (Å²) in [6.45, 7) is 5.67. The van der Waals surface area contributed by atoms with E-state index < -0.39 is 17.7 Å². The number of hydrogen-bond acceptors (Lipinski definition) is 5. The van der Waals surface area contributed by atoms with Crippen molar-refractivity contribution in [2.24, 2.45) is 0 Å². The van der Waals surface area contributed by atoms with Gasteiger partial charge in [-0.25, -0.2) is 14.7 Å². The summed E-state index contributed by atoms with van der Waals surface area (Å²) in [5.41, 5.74) is -0.473. The van der Waals surface area contributed by atoms with E-state index in [4.69, 9.17) is 5.11 Å². The number of aromatic nitrogens is 3. The van der Waals surface area contributed by atoms with Gasteiger partial charge in [-0.1, -0.05) is 0 Å². The molecule has 2 rings (SSSR count). The SMILES string of the molecule is C[C@H](C(=O)O)n1c(CN2CCN(C)CC2)n[nH]c1=O. The third-order valence-corrected chi connectivity index (χ3v) is 3.48. The number of hydrogen-bond donors (Lipinski definition) is 2. The minimum absolute atomic E-state index is 0.473. The lowest BCUT2D eigenvalue weighted by Gasteiger charge is -2.32.